The maximum absolute atomic E-state index is 12.0. The molecule has 21 heavy (non-hydrogen) atoms. The van der Waals surface area contributed by atoms with Crippen LogP contribution in [0.2, 0.25) is 0 Å². The van der Waals surface area contributed by atoms with Crippen molar-refractivity contribution in [2.45, 2.75) is 45.7 Å². The standard InChI is InChI=1S/C14H23N5O2/c1-14(2,3)18-11(20)5-7-15-12(21)10-9-19-8-4-6-16-13(19)17-10/h9H,4-8H2,1-3H3,(H,15,21)(H,16,17)(H,18,20). The number of aromatic nitrogens is 2. The molecule has 0 aliphatic carbocycles. The van der Waals surface area contributed by atoms with Crippen LogP contribution >= 0.6 is 0 Å². The second-order valence-electron chi connectivity index (χ2n) is 6.23. The zero-order valence-corrected chi connectivity index (χ0v) is 12.8. The normalized spacial score (nSPS) is 14.0. The molecule has 0 saturated carbocycles. The van der Waals surface area contributed by atoms with Gasteiger partial charge in [0, 0.05) is 37.8 Å². The summed E-state index contributed by atoms with van der Waals surface area (Å²) in [5.74, 6) is 0.410. The number of aryl methyl sites for hydroxylation is 1. The summed E-state index contributed by atoms with van der Waals surface area (Å²) < 4.78 is 1.94. The number of nitrogens with zero attached hydrogens (tertiary/aromatic N) is 2. The van der Waals surface area contributed by atoms with Crippen LogP contribution in [0.1, 0.15) is 44.1 Å². The molecular weight excluding hydrogens is 270 g/mol. The molecule has 0 atom stereocenters. The van der Waals surface area contributed by atoms with Gasteiger partial charge in [0.15, 0.2) is 0 Å². The first-order valence-electron chi connectivity index (χ1n) is 7.25. The zero-order valence-electron chi connectivity index (χ0n) is 12.8. The second kappa shape index (κ2) is 6.15. The quantitative estimate of drug-likeness (QED) is 0.764. The fourth-order valence-corrected chi connectivity index (χ4v) is 2.15. The van der Waals surface area contributed by atoms with Crippen LogP contribution in [0.4, 0.5) is 5.95 Å². The Bertz CT molecular complexity index is 506. The number of hydrogen-bond acceptors (Lipinski definition) is 4. The molecule has 0 spiro atoms. The van der Waals surface area contributed by atoms with Gasteiger partial charge in [-0.15, -0.1) is 0 Å². The first-order valence-corrected chi connectivity index (χ1v) is 7.25. The molecule has 2 amide bonds. The molecule has 7 heteroatoms. The Labute approximate surface area is 124 Å². The monoisotopic (exact) mass is 293 g/mol. The van der Waals surface area contributed by atoms with Gasteiger partial charge in [-0.25, -0.2) is 4.98 Å². The van der Waals surface area contributed by atoms with E-state index in [1.54, 1.807) is 6.20 Å². The molecule has 1 aromatic heterocycles. The molecule has 1 aliphatic rings. The molecule has 1 aromatic rings. The largest absolute Gasteiger partial charge is 0.356 e. The minimum Gasteiger partial charge on any atom is -0.356 e. The number of anilines is 1. The van der Waals surface area contributed by atoms with E-state index in [1.165, 1.54) is 0 Å². The SMILES string of the molecule is CC(C)(C)NC(=O)CCNC(=O)c1cn2c(n1)NCCC2. The lowest BCUT2D eigenvalue weighted by molar-refractivity contribution is -0.122. The highest BCUT2D eigenvalue weighted by Crippen LogP contribution is 2.13. The molecule has 0 radical (unpaired) electrons. The van der Waals surface area contributed by atoms with E-state index in [4.69, 9.17) is 0 Å². The lowest BCUT2D eigenvalue weighted by Crippen LogP contribution is -2.42. The molecule has 0 aromatic carbocycles. The van der Waals surface area contributed by atoms with E-state index in [0.29, 0.717) is 12.2 Å². The Morgan fingerprint density at radius 3 is 2.86 bits per heavy atom. The number of amides is 2. The number of rotatable bonds is 4. The Kier molecular flexibility index (Phi) is 4.50. The second-order valence-corrected chi connectivity index (χ2v) is 6.23. The van der Waals surface area contributed by atoms with Crippen LogP contribution in [-0.4, -0.2) is 40.0 Å². The van der Waals surface area contributed by atoms with Crippen molar-refractivity contribution in [1.82, 2.24) is 20.2 Å². The summed E-state index contributed by atoms with van der Waals surface area (Å²) in [7, 11) is 0. The molecule has 2 heterocycles. The molecule has 2 rings (SSSR count). The Hall–Kier alpha value is -2.05. The lowest BCUT2D eigenvalue weighted by atomic mass is 10.1. The van der Waals surface area contributed by atoms with Crippen molar-refractivity contribution < 1.29 is 9.59 Å². The van der Waals surface area contributed by atoms with Gasteiger partial charge in [-0.2, -0.15) is 0 Å². The third-order valence-electron chi connectivity index (χ3n) is 3.02. The molecule has 0 saturated heterocycles. The maximum Gasteiger partial charge on any atom is 0.271 e. The third kappa shape index (κ3) is 4.47. The van der Waals surface area contributed by atoms with Crippen LogP contribution in [-0.2, 0) is 11.3 Å². The topological polar surface area (TPSA) is 88.1 Å². The van der Waals surface area contributed by atoms with E-state index in [9.17, 15) is 9.59 Å². The van der Waals surface area contributed by atoms with Crippen LogP contribution in [0.15, 0.2) is 6.20 Å². The summed E-state index contributed by atoms with van der Waals surface area (Å²) in [6, 6.07) is 0. The molecule has 116 valence electrons. The van der Waals surface area contributed by atoms with Crippen LogP contribution in [0, 0.1) is 0 Å². The number of carbonyl (C=O) groups is 2. The van der Waals surface area contributed by atoms with E-state index >= 15 is 0 Å². The van der Waals surface area contributed by atoms with E-state index in [-0.39, 0.29) is 23.8 Å². The number of nitrogens with one attached hydrogen (secondary N) is 3. The molecule has 0 bridgehead atoms. The number of hydrogen-bond donors (Lipinski definition) is 3. The van der Waals surface area contributed by atoms with Crippen LogP contribution in [0.3, 0.4) is 0 Å². The summed E-state index contributed by atoms with van der Waals surface area (Å²) in [6.45, 7) is 7.82. The van der Waals surface area contributed by atoms with Crippen molar-refractivity contribution in [2.24, 2.45) is 0 Å². The lowest BCUT2D eigenvalue weighted by Gasteiger charge is -2.20. The van der Waals surface area contributed by atoms with E-state index < -0.39 is 0 Å². The maximum atomic E-state index is 12.0. The molecule has 0 unspecified atom stereocenters. The van der Waals surface area contributed by atoms with Crippen molar-refractivity contribution >= 4 is 17.8 Å². The van der Waals surface area contributed by atoms with Gasteiger partial charge in [0.05, 0.1) is 0 Å². The highest BCUT2D eigenvalue weighted by molar-refractivity contribution is 5.92. The van der Waals surface area contributed by atoms with Crippen LogP contribution in [0.5, 0.6) is 0 Å². The minimum absolute atomic E-state index is 0.0754. The Balaban J connectivity index is 1.80. The van der Waals surface area contributed by atoms with E-state index in [0.717, 1.165) is 25.5 Å². The van der Waals surface area contributed by atoms with Crippen molar-refractivity contribution in [3.8, 4) is 0 Å². The highest BCUT2D eigenvalue weighted by Gasteiger charge is 2.17. The van der Waals surface area contributed by atoms with Gasteiger partial charge in [0.1, 0.15) is 5.69 Å². The first-order chi connectivity index (χ1) is 9.85. The highest BCUT2D eigenvalue weighted by atomic mass is 16.2. The average molecular weight is 293 g/mol. The molecular formula is C14H23N5O2. The smallest absolute Gasteiger partial charge is 0.271 e. The average Bonchev–Trinajstić information content (AvgIpc) is 2.80. The van der Waals surface area contributed by atoms with Crippen LogP contribution < -0.4 is 16.0 Å². The molecule has 7 nitrogen and oxygen atoms in total. The minimum atomic E-state index is -0.254. The summed E-state index contributed by atoms with van der Waals surface area (Å²) in [4.78, 5) is 27.9. The number of imidazole rings is 1. The zero-order chi connectivity index (χ0) is 15.5. The summed E-state index contributed by atoms with van der Waals surface area (Å²) in [6.07, 6.45) is 3.03. The first kappa shape index (κ1) is 15.3. The molecule has 3 N–H and O–H groups in total. The fraction of sp³-hybridized carbons (Fsp3) is 0.643. The van der Waals surface area contributed by atoms with E-state index in [1.807, 2.05) is 25.3 Å². The van der Waals surface area contributed by atoms with Gasteiger partial charge >= 0.3 is 0 Å². The van der Waals surface area contributed by atoms with Crippen molar-refractivity contribution in [1.29, 1.82) is 0 Å². The summed E-state index contributed by atoms with van der Waals surface area (Å²) in [5.41, 5.74) is 0.131. The van der Waals surface area contributed by atoms with Gasteiger partial charge < -0.3 is 20.5 Å². The van der Waals surface area contributed by atoms with Crippen molar-refractivity contribution in [3.63, 3.8) is 0 Å². The van der Waals surface area contributed by atoms with Gasteiger partial charge in [-0.05, 0) is 27.2 Å². The predicted octanol–water partition coefficient (Wildman–Crippen LogP) is 0.733. The van der Waals surface area contributed by atoms with Crippen molar-refractivity contribution in [2.75, 3.05) is 18.4 Å². The molecule has 0 fully saturated rings. The summed E-state index contributed by atoms with van der Waals surface area (Å²) in [5, 5.41) is 8.72. The van der Waals surface area contributed by atoms with Crippen molar-refractivity contribution in [3.05, 3.63) is 11.9 Å². The predicted molar refractivity (Wildman–Crippen MR) is 80.2 cm³/mol. The molecule has 1 aliphatic heterocycles. The van der Waals surface area contributed by atoms with Crippen LogP contribution in [0.25, 0.3) is 0 Å². The number of carbonyl (C=O) groups excluding carboxylic acids is 2. The third-order valence-corrected chi connectivity index (χ3v) is 3.02. The van der Waals surface area contributed by atoms with Gasteiger partial charge in [0.25, 0.3) is 5.91 Å². The van der Waals surface area contributed by atoms with Gasteiger partial charge in [0.2, 0.25) is 11.9 Å². The Morgan fingerprint density at radius 1 is 1.43 bits per heavy atom. The summed E-state index contributed by atoms with van der Waals surface area (Å²) >= 11 is 0. The Morgan fingerprint density at radius 2 is 2.19 bits per heavy atom. The van der Waals surface area contributed by atoms with E-state index in [2.05, 4.69) is 20.9 Å². The van der Waals surface area contributed by atoms with Gasteiger partial charge in [-0.3, -0.25) is 9.59 Å². The fourth-order valence-electron chi connectivity index (χ4n) is 2.15. The number of fused-ring (bicyclic) bond motifs is 1. The van der Waals surface area contributed by atoms with Gasteiger partial charge in [-0.1, -0.05) is 0 Å².